The van der Waals surface area contributed by atoms with Crippen molar-refractivity contribution in [2.75, 3.05) is 0 Å². The summed E-state index contributed by atoms with van der Waals surface area (Å²) in [5.41, 5.74) is 9.70. The van der Waals surface area contributed by atoms with Crippen LogP contribution in [0.1, 0.15) is 49.1 Å². The van der Waals surface area contributed by atoms with Crippen LogP contribution in [0.25, 0.3) is 5.69 Å². The molecule has 1 aromatic heterocycles. The van der Waals surface area contributed by atoms with Crippen LogP contribution in [0.3, 0.4) is 0 Å². The topological polar surface area (TPSA) is 72.9 Å². The van der Waals surface area contributed by atoms with Gasteiger partial charge in [0, 0.05) is 23.3 Å². The van der Waals surface area contributed by atoms with Gasteiger partial charge in [0.1, 0.15) is 5.82 Å². The number of benzene rings is 1. The van der Waals surface area contributed by atoms with E-state index in [1.54, 1.807) is 16.8 Å². The predicted octanol–water partition coefficient (Wildman–Crippen LogP) is 3.61. The highest BCUT2D eigenvalue weighted by molar-refractivity contribution is 5.85. The third kappa shape index (κ3) is 4.48. The number of hydrogen-bond donors (Lipinski definition) is 2. The van der Waals surface area contributed by atoms with Crippen molar-refractivity contribution in [3.05, 3.63) is 47.0 Å². The summed E-state index contributed by atoms with van der Waals surface area (Å²) in [6.45, 7) is 3.88. The highest BCUT2D eigenvalue weighted by atomic mass is 35.5. The van der Waals surface area contributed by atoms with Gasteiger partial charge in [0.15, 0.2) is 0 Å². The molecule has 1 aromatic carbocycles. The maximum absolute atomic E-state index is 13.2. The first kappa shape index (κ1) is 21.8. The fraction of sp³-hybridized carbons (Fsp3) is 0.545. The van der Waals surface area contributed by atoms with E-state index in [0.29, 0.717) is 18.3 Å². The van der Waals surface area contributed by atoms with Crippen molar-refractivity contribution < 1.29 is 9.18 Å². The third-order valence-electron chi connectivity index (χ3n) is 6.55. The number of aryl methyl sites for hydroxylation is 1. The number of carbonyl (C=O) groups excluding carboxylic acids is 1. The van der Waals surface area contributed by atoms with E-state index >= 15 is 0 Å². The highest BCUT2D eigenvalue weighted by Gasteiger charge is 2.39. The predicted molar refractivity (Wildman–Crippen MR) is 114 cm³/mol. The van der Waals surface area contributed by atoms with Crippen molar-refractivity contribution in [1.29, 1.82) is 0 Å². The number of hydrogen-bond acceptors (Lipinski definition) is 3. The number of fused-ring (bicyclic) bond motifs is 2. The van der Waals surface area contributed by atoms with Crippen LogP contribution in [0, 0.1) is 31.5 Å². The van der Waals surface area contributed by atoms with Crippen LogP contribution in [0.5, 0.6) is 0 Å². The number of nitrogens with zero attached hydrogens (tertiary/aromatic N) is 2. The number of rotatable bonds is 4. The fourth-order valence-corrected chi connectivity index (χ4v) is 5.19. The zero-order valence-corrected chi connectivity index (χ0v) is 17.8. The molecule has 2 atom stereocenters. The van der Waals surface area contributed by atoms with Crippen LogP contribution in [-0.2, 0) is 11.2 Å². The molecule has 29 heavy (non-hydrogen) atoms. The summed E-state index contributed by atoms with van der Waals surface area (Å²) < 4.78 is 15.0. The van der Waals surface area contributed by atoms with E-state index in [1.807, 2.05) is 13.8 Å². The van der Waals surface area contributed by atoms with Gasteiger partial charge in [0.2, 0.25) is 5.91 Å². The minimum absolute atomic E-state index is 0. The zero-order chi connectivity index (χ0) is 19.8. The van der Waals surface area contributed by atoms with E-state index in [4.69, 9.17) is 5.73 Å². The van der Waals surface area contributed by atoms with E-state index in [-0.39, 0.29) is 36.2 Å². The molecule has 2 bridgehead atoms. The maximum Gasteiger partial charge on any atom is 0.224 e. The van der Waals surface area contributed by atoms with Gasteiger partial charge in [-0.15, -0.1) is 12.4 Å². The van der Waals surface area contributed by atoms with E-state index in [0.717, 1.165) is 48.3 Å². The molecule has 3 N–H and O–H groups in total. The summed E-state index contributed by atoms with van der Waals surface area (Å²) in [5.74, 6) is 0.802. The number of nitrogens with two attached hydrogens (primary N) is 1. The number of nitrogens with one attached hydrogen (secondary N) is 1. The Labute approximate surface area is 177 Å². The summed E-state index contributed by atoms with van der Waals surface area (Å²) in [4.78, 5) is 12.9. The minimum Gasteiger partial charge on any atom is -0.353 e. The Hall–Kier alpha value is -1.92. The molecule has 0 aliphatic heterocycles. The zero-order valence-electron chi connectivity index (χ0n) is 17.0. The van der Waals surface area contributed by atoms with Gasteiger partial charge in [0.05, 0.1) is 17.8 Å². The minimum atomic E-state index is -0.275. The first-order chi connectivity index (χ1) is 13.4. The van der Waals surface area contributed by atoms with Crippen LogP contribution < -0.4 is 11.1 Å². The Morgan fingerprint density at radius 2 is 1.83 bits per heavy atom. The lowest BCUT2D eigenvalue weighted by Gasteiger charge is -2.45. The van der Waals surface area contributed by atoms with Gasteiger partial charge in [-0.25, -0.2) is 9.07 Å². The van der Waals surface area contributed by atoms with Crippen molar-refractivity contribution in [2.24, 2.45) is 17.6 Å². The Morgan fingerprint density at radius 3 is 2.45 bits per heavy atom. The molecule has 1 amide bonds. The lowest BCUT2D eigenvalue weighted by molar-refractivity contribution is -0.122. The van der Waals surface area contributed by atoms with Gasteiger partial charge in [0.25, 0.3) is 0 Å². The quantitative estimate of drug-likeness (QED) is 0.793. The largest absolute Gasteiger partial charge is 0.353 e. The molecule has 158 valence electrons. The van der Waals surface area contributed by atoms with E-state index in [9.17, 15) is 9.18 Å². The molecule has 0 radical (unpaired) electrons. The fourth-order valence-electron chi connectivity index (χ4n) is 5.19. The molecule has 2 aliphatic carbocycles. The Bertz CT molecular complexity index is 852. The lowest BCUT2D eigenvalue weighted by Crippen LogP contribution is -2.54. The number of halogens is 2. The smallest absolute Gasteiger partial charge is 0.224 e. The molecular weight excluding hydrogens is 391 g/mol. The number of amides is 1. The van der Waals surface area contributed by atoms with Gasteiger partial charge in [-0.2, -0.15) is 5.10 Å². The monoisotopic (exact) mass is 420 g/mol. The van der Waals surface area contributed by atoms with E-state index in [1.165, 1.54) is 18.6 Å². The second-order valence-corrected chi connectivity index (χ2v) is 8.49. The first-order valence-electron chi connectivity index (χ1n) is 10.3. The Kier molecular flexibility index (Phi) is 6.64. The lowest BCUT2D eigenvalue weighted by atomic mass is 9.67. The van der Waals surface area contributed by atoms with Crippen molar-refractivity contribution in [3.8, 4) is 5.69 Å². The van der Waals surface area contributed by atoms with Gasteiger partial charge in [-0.3, -0.25) is 4.79 Å². The molecule has 5 nitrogen and oxygen atoms in total. The van der Waals surface area contributed by atoms with Crippen molar-refractivity contribution in [3.63, 3.8) is 0 Å². The molecule has 0 saturated heterocycles. The van der Waals surface area contributed by atoms with Crippen LogP contribution >= 0.6 is 12.4 Å². The standard InChI is InChI=1S/C22H29FN4O.ClH/c1-13-20(14(2)27(26-13)19-8-6-17(23)7-9-19)12-21(28)25-22-15-4-3-5-16(22)11-18(24)10-15;/h6-9,15-16,18,22H,3-5,10-12,24H2,1-2H3,(H,25,28);1H. The average Bonchev–Trinajstić information content (AvgIpc) is 2.91. The van der Waals surface area contributed by atoms with Gasteiger partial charge in [-0.05, 0) is 75.6 Å². The molecule has 7 heteroatoms. The molecular formula is C22H30ClFN4O. The van der Waals surface area contributed by atoms with Crippen LogP contribution in [-0.4, -0.2) is 27.8 Å². The summed E-state index contributed by atoms with van der Waals surface area (Å²) in [6, 6.07) is 6.78. The van der Waals surface area contributed by atoms with Crippen LogP contribution in [0.15, 0.2) is 24.3 Å². The molecule has 2 saturated carbocycles. The van der Waals surface area contributed by atoms with E-state index in [2.05, 4.69) is 10.4 Å². The highest BCUT2D eigenvalue weighted by Crippen LogP contribution is 2.39. The summed E-state index contributed by atoms with van der Waals surface area (Å²) >= 11 is 0. The molecule has 0 spiro atoms. The second-order valence-electron chi connectivity index (χ2n) is 8.49. The Balaban J connectivity index is 0.00000240. The van der Waals surface area contributed by atoms with Crippen LogP contribution in [0.2, 0.25) is 0 Å². The normalized spacial score (nSPS) is 25.9. The summed E-state index contributed by atoms with van der Waals surface area (Å²) in [6.07, 6.45) is 5.92. The molecule has 2 aromatic rings. The second kappa shape index (κ2) is 8.84. The Morgan fingerprint density at radius 1 is 1.21 bits per heavy atom. The summed E-state index contributed by atoms with van der Waals surface area (Å²) in [7, 11) is 0. The summed E-state index contributed by atoms with van der Waals surface area (Å²) in [5, 5.41) is 7.89. The van der Waals surface area contributed by atoms with Gasteiger partial charge in [-0.1, -0.05) is 6.42 Å². The maximum atomic E-state index is 13.2. The van der Waals surface area contributed by atoms with Gasteiger partial charge < -0.3 is 11.1 Å². The third-order valence-corrected chi connectivity index (χ3v) is 6.55. The molecule has 1 heterocycles. The van der Waals surface area contributed by atoms with Crippen LogP contribution in [0.4, 0.5) is 4.39 Å². The SMILES string of the molecule is Cc1nn(-c2ccc(F)cc2)c(C)c1CC(=O)NC1C2CCCC1CC(N)C2.Cl. The molecule has 4 rings (SSSR count). The van der Waals surface area contributed by atoms with Crippen molar-refractivity contribution in [1.82, 2.24) is 15.1 Å². The van der Waals surface area contributed by atoms with Crippen molar-refractivity contribution >= 4 is 18.3 Å². The first-order valence-corrected chi connectivity index (χ1v) is 10.3. The van der Waals surface area contributed by atoms with Crippen molar-refractivity contribution in [2.45, 2.75) is 64.5 Å². The number of aromatic nitrogens is 2. The number of carbonyl (C=O) groups is 1. The molecule has 2 fully saturated rings. The molecule has 2 aliphatic rings. The molecule has 2 unspecified atom stereocenters. The van der Waals surface area contributed by atoms with Gasteiger partial charge >= 0.3 is 0 Å². The average molecular weight is 421 g/mol. The van der Waals surface area contributed by atoms with E-state index < -0.39 is 0 Å².